The first-order chi connectivity index (χ1) is 9.91. The number of hydrogen-bond acceptors (Lipinski definition) is 2. The van der Waals surface area contributed by atoms with E-state index in [0.29, 0.717) is 16.7 Å². The maximum absolute atomic E-state index is 6.28. The van der Waals surface area contributed by atoms with Crippen molar-refractivity contribution < 1.29 is 0 Å². The maximum Gasteiger partial charge on any atom is 0.0446 e. The molecule has 0 bridgehead atoms. The van der Waals surface area contributed by atoms with E-state index in [1.54, 1.807) is 0 Å². The van der Waals surface area contributed by atoms with Gasteiger partial charge in [-0.3, -0.25) is 0 Å². The summed E-state index contributed by atoms with van der Waals surface area (Å²) in [5.74, 6) is 1.84. The van der Waals surface area contributed by atoms with Crippen LogP contribution in [0.5, 0.6) is 0 Å². The second-order valence-corrected chi connectivity index (χ2v) is 8.85. The first kappa shape index (κ1) is 17.2. The van der Waals surface area contributed by atoms with Gasteiger partial charge in [-0.1, -0.05) is 50.6 Å². The van der Waals surface area contributed by atoms with Gasteiger partial charge in [-0.05, 0) is 49.3 Å². The Morgan fingerprint density at radius 2 is 1.95 bits per heavy atom. The first-order valence-corrected chi connectivity index (χ1v) is 9.36. The lowest BCUT2D eigenvalue weighted by molar-refractivity contribution is 0.167. The summed E-state index contributed by atoms with van der Waals surface area (Å²) >= 11 is 8.35. The van der Waals surface area contributed by atoms with Gasteiger partial charge >= 0.3 is 0 Å². The van der Waals surface area contributed by atoms with Crippen LogP contribution in [0.25, 0.3) is 0 Å². The van der Waals surface area contributed by atoms with Crippen LogP contribution in [0.1, 0.15) is 45.6 Å². The van der Waals surface area contributed by atoms with E-state index in [4.69, 9.17) is 11.6 Å². The van der Waals surface area contributed by atoms with E-state index in [-0.39, 0.29) is 0 Å². The molecule has 0 spiro atoms. The summed E-state index contributed by atoms with van der Waals surface area (Å²) in [6, 6.07) is 8.86. The number of halogens is 1. The van der Waals surface area contributed by atoms with Crippen LogP contribution in [0.4, 0.5) is 0 Å². The SMILES string of the molecule is CNC1CCC(C(C)(C)C)CC1SCc1ccccc1Cl. The molecule has 0 aliphatic heterocycles. The molecule has 21 heavy (non-hydrogen) atoms. The minimum atomic E-state index is 0.419. The highest BCUT2D eigenvalue weighted by molar-refractivity contribution is 7.99. The first-order valence-electron chi connectivity index (χ1n) is 7.94. The number of nitrogens with one attached hydrogen (secondary N) is 1. The Kier molecular flexibility index (Phi) is 6.05. The van der Waals surface area contributed by atoms with Crippen LogP contribution < -0.4 is 5.32 Å². The Bertz CT molecular complexity index is 455. The van der Waals surface area contributed by atoms with Crippen LogP contribution in [0.2, 0.25) is 5.02 Å². The third-order valence-electron chi connectivity index (χ3n) is 4.80. The van der Waals surface area contributed by atoms with Gasteiger partial charge in [0.2, 0.25) is 0 Å². The van der Waals surface area contributed by atoms with Crippen LogP contribution in [-0.2, 0) is 5.75 Å². The van der Waals surface area contributed by atoms with Crippen molar-refractivity contribution in [3.05, 3.63) is 34.9 Å². The Balaban J connectivity index is 2.00. The molecule has 0 aromatic heterocycles. The van der Waals surface area contributed by atoms with Crippen LogP contribution in [0.3, 0.4) is 0 Å². The lowest BCUT2D eigenvalue weighted by Crippen LogP contribution is -2.43. The second kappa shape index (κ2) is 7.39. The van der Waals surface area contributed by atoms with Crippen molar-refractivity contribution in [2.24, 2.45) is 11.3 Å². The lowest BCUT2D eigenvalue weighted by Gasteiger charge is -2.41. The molecule has 1 fully saturated rings. The minimum Gasteiger partial charge on any atom is -0.316 e. The molecule has 1 aromatic rings. The minimum absolute atomic E-state index is 0.419. The zero-order chi connectivity index (χ0) is 15.5. The molecule has 1 aliphatic carbocycles. The van der Waals surface area contributed by atoms with Gasteiger partial charge in [-0.25, -0.2) is 0 Å². The van der Waals surface area contributed by atoms with Crippen LogP contribution in [-0.4, -0.2) is 18.3 Å². The lowest BCUT2D eigenvalue weighted by atomic mass is 9.71. The summed E-state index contributed by atoms with van der Waals surface area (Å²) in [7, 11) is 2.10. The zero-order valence-corrected chi connectivity index (χ0v) is 15.2. The molecular formula is C18H28ClNS. The Morgan fingerprint density at radius 3 is 2.57 bits per heavy atom. The maximum atomic E-state index is 6.28. The van der Waals surface area contributed by atoms with E-state index in [0.717, 1.165) is 16.7 Å². The molecule has 3 unspecified atom stereocenters. The van der Waals surface area contributed by atoms with Crippen molar-refractivity contribution in [3.63, 3.8) is 0 Å². The summed E-state index contributed by atoms with van der Waals surface area (Å²) in [4.78, 5) is 0. The molecule has 0 amide bonds. The van der Waals surface area contributed by atoms with Gasteiger partial charge in [0.1, 0.15) is 0 Å². The van der Waals surface area contributed by atoms with E-state index in [9.17, 15) is 0 Å². The van der Waals surface area contributed by atoms with E-state index in [2.05, 4.69) is 57.0 Å². The van der Waals surface area contributed by atoms with Crippen molar-refractivity contribution in [2.45, 2.75) is 57.1 Å². The predicted octanol–water partition coefficient (Wildman–Crippen LogP) is 5.38. The summed E-state index contributed by atoms with van der Waals surface area (Å²) in [6.45, 7) is 7.15. The van der Waals surface area contributed by atoms with E-state index in [1.165, 1.54) is 24.8 Å². The quantitative estimate of drug-likeness (QED) is 0.798. The van der Waals surface area contributed by atoms with E-state index in [1.807, 2.05) is 12.1 Å². The summed E-state index contributed by atoms with van der Waals surface area (Å²) in [6.07, 6.45) is 3.95. The van der Waals surface area contributed by atoms with E-state index >= 15 is 0 Å². The van der Waals surface area contributed by atoms with Crippen LogP contribution >= 0.6 is 23.4 Å². The molecule has 2 rings (SSSR count). The molecule has 1 aliphatic rings. The fraction of sp³-hybridized carbons (Fsp3) is 0.667. The average Bonchev–Trinajstić information content (AvgIpc) is 2.45. The molecule has 0 heterocycles. The molecule has 3 heteroatoms. The monoisotopic (exact) mass is 325 g/mol. The fourth-order valence-corrected chi connectivity index (χ4v) is 5.04. The van der Waals surface area contributed by atoms with Crippen LogP contribution in [0.15, 0.2) is 24.3 Å². The van der Waals surface area contributed by atoms with Crippen molar-refractivity contribution in [1.29, 1.82) is 0 Å². The highest BCUT2D eigenvalue weighted by Crippen LogP contribution is 2.42. The highest BCUT2D eigenvalue weighted by atomic mass is 35.5. The summed E-state index contributed by atoms with van der Waals surface area (Å²) in [5.41, 5.74) is 1.68. The molecule has 1 aromatic carbocycles. The normalized spacial score (nSPS) is 26.8. The van der Waals surface area contributed by atoms with Gasteiger partial charge in [-0.2, -0.15) is 11.8 Å². The fourth-order valence-electron chi connectivity index (χ4n) is 3.24. The van der Waals surface area contributed by atoms with Crippen LogP contribution in [0, 0.1) is 11.3 Å². The molecule has 0 saturated heterocycles. The van der Waals surface area contributed by atoms with Gasteiger partial charge in [0.25, 0.3) is 0 Å². The topological polar surface area (TPSA) is 12.0 Å². The largest absolute Gasteiger partial charge is 0.316 e. The van der Waals surface area contributed by atoms with Crippen molar-refractivity contribution in [3.8, 4) is 0 Å². The molecular weight excluding hydrogens is 298 g/mol. The Hall–Kier alpha value is -0.180. The third-order valence-corrected chi connectivity index (χ3v) is 6.59. The third kappa shape index (κ3) is 4.64. The summed E-state index contributed by atoms with van der Waals surface area (Å²) in [5, 5.41) is 5.10. The standard InChI is InChI=1S/C18H28ClNS/c1-18(2,3)14-9-10-16(20-4)17(11-14)21-12-13-7-5-6-8-15(13)19/h5-8,14,16-17,20H,9-12H2,1-4H3. The van der Waals surface area contributed by atoms with E-state index < -0.39 is 0 Å². The number of thioether (sulfide) groups is 1. The average molecular weight is 326 g/mol. The van der Waals surface area contributed by atoms with Gasteiger partial charge < -0.3 is 5.32 Å². The smallest absolute Gasteiger partial charge is 0.0446 e. The molecule has 118 valence electrons. The van der Waals surface area contributed by atoms with Gasteiger partial charge in [0.15, 0.2) is 0 Å². The summed E-state index contributed by atoms with van der Waals surface area (Å²) < 4.78 is 0. The number of benzene rings is 1. The van der Waals surface area contributed by atoms with Crippen molar-refractivity contribution in [2.75, 3.05) is 7.05 Å². The molecule has 1 N–H and O–H groups in total. The number of rotatable bonds is 4. The van der Waals surface area contributed by atoms with Gasteiger partial charge in [-0.15, -0.1) is 0 Å². The number of hydrogen-bond donors (Lipinski definition) is 1. The van der Waals surface area contributed by atoms with Crippen molar-refractivity contribution in [1.82, 2.24) is 5.32 Å². The predicted molar refractivity (Wildman–Crippen MR) is 96.2 cm³/mol. The van der Waals surface area contributed by atoms with Gasteiger partial charge in [0, 0.05) is 22.1 Å². The Labute approximate surface area is 139 Å². The highest BCUT2D eigenvalue weighted by Gasteiger charge is 2.35. The van der Waals surface area contributed by atoms with Crippen molar-refractivity contribution >= 4 is 23.4 Å². The van der Waals surface area contributed by atoms with Gasteiger partial charge in [0.05, 0.1) is 0 Å². The Morgan fingerprint density at radius 1 is 1.24 bits per heavy atom. The molecule has 1 nitrogen and oxygen atoms in total. The molecule has 1 saturated carbocycles. The molecule has 0 radical (unpaired) electrons. The molecule has 3 atom stereocenters. The zero-order valence-electron chi connectivity index (χ0n) is 13.7. The second-order valence-electron chi connectivity index (χ2n) is 7.21.